The number of rotatable bonds is 7. The molecule has 0 aliphatic carbocycles. The minimum atomic E-state index is 0.128. The molecule has 0 saturated carbocycles. The molecule has 0 bridgehead atoms. The zero-order chi connectivity index (χ0) is 14.3. The van der Waals surface area contributed by atoms with Gasteiger partial charge in [0.25, 0.3) is 0 Å². The van der Waals surface area contributed by atoms with Gasteiger partial charge in [-0.15, -0.1) is 0 Å². The number of hydrogen-bond acceptors (Lipinski definition) is 2. The van der Waals surface area contributed by atoms with Crippen molar-refractivity contribution in [3.05, 3.63) is 35.9 Å². The predicted octanol–water partition coefficient (Wildman–Crippen LogP) is 4.18. The minimum Gasteiger partial charge on any atom is -0.375 e. The maximum absolute atomic E-state index is 5.75. The maximum atomic E-state index is 5.75. The average molecular weight is 263 g/mol. The topological polar surface area (TPSA) is 21.3 Å². The summed E-state index contributed by atoms with van der Waals surface area (Å²) in [6, 6.07) is 10.9. The molecular formula is C17H29NO. The first-order valence-electron chi connectivity index (χ1n) is 7.29. The Hall–Kier alpha value is -0.860. The van der Waals surface area contributed by atoms with Gasteiger partial charge >= 0.3 is 0 Å². The Bertz CT molecular complexity index is 342. The second kappa shape index (κ2) is 7.66. The first-order chi connectivity index (χ1) is 8.98. The molecule has 0 aliphatic heterocycles. The van der Waals surface area contributed by atoms with Crippen LogP contribution in [0.5, 0.6) is 0 Å². The van der Waals surface area contributed by atoms with Crippen LogP contribution in [0.25, 0.3) is 0 Å². The lowest BCUT2D eigenvalue weighted by atomic mass is 9.86. The Morgan fingerprint density at radius 3 is 2.26 bits per heavy atom. The van der Waals surface area contributed by atoms with Crippen LogP contribution in [0.1, 0.15) is 52.2 Å². The number of likely N-dealkylation sites (N-methyl/N-ethyl adjacent to an activating group) is 1. The Balaban J connectivity index is 2.77. The molecule has 2 atom stereocenters. The van der Waals surface area contributed by atoms with Crippen LogP contribution in [0.3, 0.4) is 0 Å². The SMILES string of the molecule is CCNC(CCC(C)(C)C)C(OC)c1ccccc1. The van der Waals surface area contributed by atoms with E-state index in [1.54, 1.807) is 7.11 Å². The Labute approximate surface area is 118 Å². The number of hydrogen-bond donors (Lipinski definition) is 1. The zero-order valence-corrected chi connectivity index (χ0v) is 13.1. The Morgan fingerprint density at radius 1 is 1.16 bits per heavy atom. The molecule has 2 nitrogen and oxygen atoms in total. The molecule has 108 valence electrons. The first kappa shape index (κ1) is 16.2. The van der Waals surface area contributed by atoms with Crippen LogP contribution in [0.4, 0.5) is 0 Å². The van der Waals surface area contributed by atoms with Crippen LogP contribution in [-0.4, -0.2) is 19.7 Å². The lowest BCUT2D eigenvalue weighted by Crippen LogP contribution is -2.36. The van der Waals surface area contributed by atoms with E-state index < -0.39 is 0 Å². The van der Waals surface area contributed by atoms with E-state index in [0.29, 0.717) is 11.5 Å². The first-order valence-corrected chi connectivity index (χ1v) is 7.29. The second-order valence-electron chi connectivity index (χ2n) is 6.33. The Kier molecular flexibility index (Phi) is 6.53. The molecule has 2 heteroatoms. The average Bonchev–Trinajstić information content (AvgIpc) is 2.37. The zero-order valence-electron chi connectivity index (χ0n) is 13.1. The molecule has 0 radical (unpaired) electrons. The van der Waals surface area contributed by atoms with Crippen molar-refractivity contribution >= 4 is 0 Å². The maximum Gasteiger partial charge on any atom is 0.0973 e. The molecule has 0 aliphatic rings. The van der Waals surface area contributed by atoms with E-state index in [0.717, 1.165) is 13.0 Å². The van der Waals surface area contributed by atoms with Crippen molar-refractivity contribution < 1.29 is 4.74 Å². The van der Waals surface area contributed by atoms with Crippen molar-refractivity contribution in [2.24, 2.45) is 5.41 Å². The molecule has 1 aromatic rings. The Morgan fingerprint density at radius 2 is 1.79 bits per heavy atom. The van der Waals surface area contributed by atoms with E-state index in [4.69, 9.17) is 4.74 Å². The van der Waals surface area contributed by atoms with Crippen LogP contribution < -0.4 is 5.32 Å². The molecule has 0 heterocycles. The fourth-order valence-electron chi connectivity index (χ4n) is 2.39. The summed E-state index contributed by atoms with van der Waals surface area (Å²) in [4.78, 5) is 0. The van der Waals surface area contributed by atoms with Gasteiger partial charge < -0.3 is 10.1 Å². The van der Waals surface area contributed by atoms with Gasteiger partial charge in [0, 0.05) is 13.2 Å². The van der Waals surface area contributed by atoms with E-state index in [1.807, 2.05) is 6.07 Å². The highest BCUT2D eigenvalue weighted by molar-refractivity contribution is 5.19. The molecule has 0 saturated heterocycles. The van der Waals surface area contributed by atoms with Crippen LogP contribution >= 0.6 is 0 Å². The van der Waals surface area contributed by atoms with Crippen LogP contribution in [0.2, 0.25) is 0 Å². The highest BCUT2D eigenvalue weighted by atomic mass is 16.5. The van der Waals surface area contributed by atoms with Crippen LogP contribution in [0, 0.1) is 5.41 Å². The number of nitrogens with one attached hydrogen (secondary N) is 1. The number of ether oxygens (including phenoxy) is 1. The number of benzene rings is 1. The summed E-state index contributed by atoms with van der Waals surface area (Å²) < 4.78 is 5.75. The van der Waals surface area contributed by atoms with Gasteiger partial charge in [-0.25, -0.2) is 0 Å². The van der Waals surface area contributed by atoms with Crippen molar-refractivity contribution in [1.29, 1.82) is 0 Å². The summed E-state index contributed by atoms with van der Waals surface area (Å²) in [5.41, 5.74) is 1.62. The third kappa shape index (κ3) is 5.75. The van der Waals surface area contributed by atoms with E-state index in [-0.39, 0.29) is 6.10 Å². The molecular weight excluding hydrogens is 234 g/mol. The summed E-state index contributed by atoms with van der Waals surface area (Å²) in [5.74, 6) is 0. The molecule has 2 unspecified atom stereocenters. The molecule has 19 heavy (non-hydrogen) atoms. The quantitative estimate of drug-likeness (QED) is 0.797. The van der Waals surface area contributed by atoms with Crippen molar-refractivity contribution in [1.82, 2.24) is 5.32 Å². The van der Waals surface area contributed by atoms with E-state index in [9.17, 15) is 0 Å². The lowest BCUT2D eigenvalue weighted by molar-refractivity contribution is 0.0614. The van der Waals surface area contributed by atoms with E-state index in [2.05, 4.69) is 57.3 Å². The molecule has 1 aromatic carbocycles. The fraction of sp³-hybridized carbons (Fsp3) is 0.647. The largest absolute Gasteiger partial charge is 0.375 e. The molecule has 0 fully saturated rings. The number of methoxy groups -OCH3 is 1. The minimum absolute atomic E-state index is 0.128. The van der Waals surface area contributed by atoms with Gasteiger partial charge in [0.15, 0.2) is 0 Å². The van der Waals surface area contributed by atoms with Gasteiger partial charge in [0.05, 0.1) is 6.10 Å². The smallest absolute Gasteiger partial charge is 0.0973 e. The highest BCUT2D eigenvalue weighted by Gasteiger charge is 2.24. The summed E-state index contributed by atoms with van der Waals surface area (Å²) in [6.07, 6.45) is 2.45. The molecule has 0 amide bonds. The third-order valence-corrected chi connectivity index (χ3v) is 3.42. The monoisotopic (exact) mass is 263 g/mol. The lowest BCUT2D eigenvalue weighted by Gasteiger charge is -2.30. The molecule has 0 spiro atoms. The van der Waals surface area contributed by atoms with Gasteiger partial charge in [-0.3, -0.25) is 0 Å². The van der Waals surface area contributed by atoms with E-state index >= 15 is 0 Å². The third-order valence-electron chi connectivity index (χ3n) is 3.42. The summed E-state index contributed by atoms with van der Waals surface area (Å²) >= 11 is 0. The standard InChI is InChI=1S/C17H29NO/c1-6-18-15(12-13-17(2,3)4)16(19-5)14-10-8-7-9-11-14/h7-11,15-16,18H,6,12-13H2,1-5H3. The van der Waals surface area contributed by atoms with E-state index in [1.165, 1.54) is 12.0 Å². The van der Waals surface area contributed by atoms with Gasteiger partial charge in [-0.2, -0.15) is 0 Å². The summed E-state index contributed by atoms with van der Waals surface area (Å²) in [7, 11) is 1.80. The normalized spacial score (nSPS) is 15.2. The highest BCUT2D eigenvalue weighted by Crippen LogP contribution is 2.28. The van der Waals surface area contributed by atoms with Crippen molar-refractivity contribution in [3.63, 3.8) is 0 Å². The fourth-order valence-corrected chi connectivity index (χ4v) is 2.39. The van der Waals surface area contributed by atoms with Gasteiger partial charge in [-0.1, -0.05) is 58.0 Å². The second-order valence-corrected chi connectivity index (χ2v) is 6.33. The van der Waals surface area contributed by atoms with Crippen molar-refractivity contribution in [2.75, 3.05) is 13.7 Å². The van der Waals surface area contributed by atoms with Crippen LogP contribution in [0.15, 0.2) is 30.3 Å². The molecule has 1 rings (SSSR count). The van der Waals surface area contributed by atoms with Gasteiger partial charge in [0.2, 0.25) is 0 Å². The molecule has 0 aromatic heterocycles. The predicted molar refractivity (Wildman–Crippen MR) is 82.3 cm³/mol. The van der Waals surface area contributed by atoms with Crippen molar-refractivity contribution in [2.45, 2.75) is 52.7 Å². The van der Waals surface area contributed by atoms with Crippen molar-refractivity contribution in [3.8, 4) is 0 Å². The van der Waals surface area contributed by atoms with Gasteiger partial charge in [0.1, 0.15) is 0 Å². The van der Waals surface area contributed by atoms with Crippen LogP contribution in [-0.2, 0) is 4.74 Å². The summed E-state index contributed by atoms with van der Waals surface area (Å²) in [5, 5.41) is 3.58. The summed E-state index contributed by atoms with van der Waals surface area (Å²) in [6.45, 7) is 10.0. The molecule has 1 N–H and O–H groups in total. The van der Waals surface area contributed by atoms with Gasteiger partial charge in [-0.05, 0) is 30.4 Å².